The van der Waals surface area contributed by atoms with Crippen molar-refractivity contribution in [2.75, 3.05) is 12.4 Å². The molecule has 0 aliphatic carbocycles. The minimum absolute atomic E-state index is 0.198. The van der Waals surface area contributed by atoms with Crippen molar-refractivity contribution in [3.8, 4) is 0 Å². The predicted molar refractivity (Wildman–Crippen MR) is 66.8 cm³/mol. The lowest BCUT2D eigenvalue weighted by Gasteiger charge is -2.06. The fourth-order valence-electron chi connectivity index (χ4n) is 1.44. The molecule has 0 aliphatic heterocycles. The Kier molecular flexibility index (Phi) is 3.42. The number of nitro groups is 1. The van der Waals surface area contributed by atoms with E-state index in [2.05, 4.69) is 15.3 Å². The average Bonchev–Trinajstić information content (AvgIpc) is 2.81. The second-order valence-electron chi connectivity index (χ2n) is 3.54. The van der Waals surface area contributed by atoms with Gasteiger partial charge >= 0.3 is 5.82 Å². The normalized spacial score (nSPS) is 10.3. The molecule has 0 bridgehead atoms. The van der Waals surface area contributed by atoms with Crippen LogP contribution in [0.3, 0.4) is 0 Å². The Morgan fingerprint density at radius 2 is 2.33 bits per heavy atom. The summed E-state index contributed by atoms with van der Waals surface area (Å²) in [5, 5.41) is 13.9. The highest BCUT2D eigenvalue weighted by molar-refractivity contribution is 6.31. The molecule has 0 fully saturated rings. The van der Waals surface area contributed by atoms with E-state index in [-0.39, 0.29) is 5.82 Å². The maximum absolute atomic E-state index is 10.5. The van der Waals surface area contributed by atoms with Crippen molar-refractivity contribution in [1.82, 2.24) is 14.5 Å². The molecule has 0 unspecified atom stereocenters. The van der Waals surface area contributed by atoms with Gasteiger partial charge < -0.3 is 20.0 Å². The number of rotatable bonds is 4. The van der Waals surface area contributed by atoms with Crippen molar-refractivity contribution in [3.63, 3.8) is 0 Å². The number of halogens is 1. The summed E-state index contributed by atoms with van der Waals surface area (Å²) < 4.78 is 1.56. The predicted octanol–water partition coefficient (Wildman–Crippen LogP) is 1.93. The number of nitrogens with zero attached hydrogens (tertiary/aromatic N) is 4. The Morgan fingerprint density at radius 3 is 2.94 bits per heavy atom. The zero-order valence-electron chi connectivity index (χ0n) is 9.50. The molecule has 0 radical (unpaired) electrons. The van der Waals surface area contributed by atoms with Crippen LogP contribution in [0.2, 0.25) is 5.02 Å². The lowest BCUT2D eigenvalue weighted by atomic mass is 10.3. The van der Waals surface area contributed by atoms with Gasteiger partial charge in [0, 0.05) is 7.05 Å². The average molecular weight is 268 g/mol. The molecule has 0 saturated carbocycles. The van der Waals surface area contributed by atoms with Crippen LogP contribution < -0.4 is 5.32 Å². The number of nitrogens with one attached hydrogen (secondary N) is 1. The topological polar surface area (TPSA) is 85.9 Å². The van der Waals surface area contributed by atoms with Gasteiger partial charge in [-0.2, -0.15) is 0 Å². The number of hydrogen-bond acceptors (Lipinski definition) is 5. The molecule has 8 heteroatoms. The minimum atomic E-state index is -0.546. The quantitative estimate of drug-likeness (QED) is 0.676. The monoisotopic (exact) mass is 267 g/mol. The van der Waals surface area contributed by atoms with Crippen LogP contribution in [0.4, 0.5) is 11.6 Å². The Labute approximate surface area is 108 Å². The number of aromatic nitrogens is 3. The largest absolute Gasteiger partial charge is 0.381 e. The van der Waals surface area contributed by atoms with Crippen LogP contribution in [0.15, 0.2) is 24.7 Å². The van der Waals surface area contributed by atoms with Crippen LogP contribution in [0.1, 0.15) is 5.69 Å². The van der Waals surface area contributed by atoms with Crippen molar-refractivity contribution in [2.45, 2.75) is 6.54 Å². The third kappa shape index (κ3) is 2.57. The molecule has 2 aromatic rings. The molecule has 0 aliphatic rings. The molecular formula is C10H10ClN5O2. The third-order valence-corrected chi connectivity index (χ3v) is 2.66. The SMILES string of the molecule is CNc1ccc(Cl)c(Cn2cnc([N+](=O)[O-])c2)n1. The number of imidazole rings is 1. The van der Waals surface area contributed by atoms with Gasteiger partial charge in [0.15, 0.2) is 0 Å². The van der Waals surface area contributed by atoms with Gasteiger partial charge in [-0.25, -0.2) is 4.98 Å². The molecule has 0 amide bonds. The van der Waals surface area contributed by atoms with Gasteiger partial charge in [-0.05, 0) is 22.0 Å². The summed E-state index contributed by atoms with van der Waals surface area (Å²) in [6, 6.07) is 3.48. The first-order valence-electron chi connectivity index (χ1n) is 5.09. The Bertz CT molecular complexity index is 583. The molecule has 2 rings (SSSR count). The first-order valence-corrected chi connectivity index (χ1v) is 5.47. The maximum atomic E-state index is 10.5. The summed E-state index contributed by atoms with van der Waals surface area (Å²) >= 11 is 6.01. The molecule has 2 aromatic heterocycles. The van der Waals surface area contributed by atoms with Crippen molar-refractivity contribution >= 4 is 23.2 Å². The molecule has 0 aromatic carbocycles. The minimum Gasteiger partial charge on any atom is -0.373 e. The smallest absolute Gasteiger partial charge is 0.373 e. The van der Waals surface area contributed by atoms with Crippen molar-refractivity contribution in [1.29, 1.82) is 0 Å². The maximum Gasteiger partial charge on any atom is 0.381 e. The molecule has 0 atom stereocenters. The fraction of sp³-hybridized carbons (Fsp3) is 0.200. The number of anilines is 1. The van der Waals surface area contributed by atoms with Crippen molar-refractivity contribution in [3.05, 3.63) is 45.5 Å². The Balaban J connectivity index is 2.24. The van der Waals surface area contributed by atoms with Crippen LogP contribution in [-0.2, 0) is 6.54 Å². The summed E-state index contributed by atoms with van der Waals surface area (Å²) in [6.45, 7) is 0.329. The van der Waals surface area contributed by atoms with E-state index in [1.54, 1.807) is 23.7 Å². The zero-order chi connectivity index (χ0) is 13.1. The van der Waals surface area contributed by atoms with Crippen LogP contribution in [0, 0.1) is 10.1 Å². The second kappa shape index (κ2) is 5.01. The van der Waals surface area contributed by atoms with E-state index in [9.17, 15) is 10.1 Å². The van der Waals surface area contributed by atoms with Crippen LogP contribution in [0.25, 0.3) is 0 Å². The van der Waals surface area contributed by atoms with Gasteiger partial charge in [0.2, 0.25) is 6.33 Å². The van der Waals surface area contributed by atoms with Crippen LogP contribution in [0.5, 0.6) is 0 Å². The molecule has 1 N–H and O–H groups in total. The zero-order valence-corrected chi connectivity index (χ0v) is 10.3. The summed E-state index contributed by atoms with van der Waals surface area (Å²) in [6.07, 6.45) is 2.71. The highest BCUT2D eigenvalue weighted by Gasteiger charge is 2.11. The van der Waals surface area contributed by atoms with Gasteiger partial charge in [-0.15, -0.1) is 0 Å². The molecule has 0 spiro atoms. The second-order valence-corrected chi connectivity index (χ2v) is 3.94. The number of hydrogen-bond donors (Lipinski definition) is 1. The van der Waals surface area contributed by atoms with E-state index >= 15 is 0 Å². The first-order chi connectivity index (χ1) is 8.60. The molecule has 7 nitrogen and oxygen atoms in total. The van der Waals surface area contributed by atoms with Crippen molar-refractivity contribution < 1.29 is 4.92 Å². The van der Waals surface area contributed by atoms with E-state index in [1.165, 1.54) is 12.5 Å². The van der Waals surface area contributed by atoms with E-state index in [0.29, 0.717) is 23.1 Å². The third-order valence-electron chi connectivity index (χ3n) is 2.31. The molecule has 2 heterocycles. The molecule has 94 valence electrons. The van der Waals surface area contributed by atoms with Crippen LogP contribution >= 0.6 is 11.6 Å². The Morgan fingerprint density at radius 1 is 1.56 bits per heavy atom. The fourth-order valence-corrected chi connectivity index (χ4v) is 1.60. The van der Waals surface area contributed by atoms with Gasteiger partial charge in [0.25, 0.3) is 0 Å². The van der Waals surface area contributed by atoms with Gasteiger partial charge in [0.1, 0.15) is 12.0 Å². The van der Waals surface area contributed by atoms with E-state index in [1.807, 2.05) is 0 Å². The van der Waals surface area contributed by atoms with Gasteiger partial charge in [-0.3, -0.25) is 0 Å². The summed E-state index contributed by atoms with van der Waals surface area (Å²) in [7, 11) is 1.75. The van der Waals surface area contributed by atoms with Gasteiger partial charge in [-0.1, -0.05) is 11.6 Å². The number of pyridine rings is 1. The summed E-state index contributed by atoms with van der Waals surface area (Å²) in [4.78, 5) is 17.9. The highest BCUT2D eigenvalue weighted by atomic mass is 35.5. The molecule has 18 heavy (non-hydrogen) atoms. The molecular weight excluding hydrogens is 258 g/mol. The van der Waals surface area contributed by atoms with Crippen molar-refractivity contribution in [2.24, 2.45) is 0 Å². The first kappa shape index (κ1) is 12.3. The lowest BCUT2D eigenvalue weighted by Crippen LogP contribution is -2.02. The van der Waals surface area contributed by atoms with E-state index < -0.39 is 4.92 Å². The summed E-state index contributed by atoms with van der Waals surface area (Å²) in [5.74, 6) is 0.486. The standard InChI is InChI=1S/C10H10ClN5O2/c1-12-9-3-2-7(11)8(14-9)4-15-5-10(13-6-15)16(17)18/h2-3,5-6H,4H2,1H3,(H,12,14). The molecule has 0 saturated heterocycles. The summed E-state index contributed by atoms with van der Waals surface area (Å²) in [5.41, 5.74) is 0.621. The highest BCUT2D eigenvalue weighted by Crippen LogP contribution is 2.18. The lowest BCUT2D eigenvalue weighted by molar-refractivity contribution is -0.389. The van der Waals surface area contributed by atoms with Gasteiger partial charge in [0.05, 0.1) is 17.3 Å². The van der Waals surface area contributed by atoms with E-state index in [0.717, 1.165) is 0 Å². The Hall–Kier alpha value is -2.15. The van der Waals surface area contributed by atoms with Crippen LogP contribution in [-0.4, -0.2) is 26.5 Å². The van der Waals surface area contributed by atoms with E-state index in [4.69, 9.17) is 11.6 Å².